The molecule has 8 heteroatoms. The molecule has 0 saturated carbocycles. The van der Waals surface area contributed by atoms with Crippen LogP contribution in [-0.2, 0) is 18.3 Å². The first-order valence-corrected chi connectivity index (χ1v) is 7.06. The zero-order valence-electron chi connectivity index (χ0n) is 10.6. The molecule has 1 aliphatic rings. The second-order valence-electron chi connectivity index (χ2n) is 4.26. The van der Waals surface area contributed by atoms with Gasteiger partial charge in [0.05, 0.1) is 5.88 Å². The number of rotatable bonds is 4. The molecule has 19 heavy (non-hydrogen) atoms. The average molecular weight is 284 g/mol. The molecule has 0 aliphatic carbocycles. The smallest absolute Gasteiger partial charge is 0.327 e. The molecule has 2 rings (SSSR count). The van der Waals surface area contributed by atoms with E-state index < -0.39 is 12.0 Å². The van der Waals surface area contributed by atoms with Crippen molar-refractivity contribution in [3.05, 3.63) is 18.2 Å². The standard InChI is InChI=1S/C11H16N4O3S/c1-14-5-4-12-9(14)2-3-13-11(18)15-7-19-6-8(15)10(16)17/h4-5,8H,2-3,6-7H2,1H3,(H,13,18)(H,16,17)/t8-/m0/s1. The number of amides is 2. The van der Waals surface area contributed by atoms with Crippen LogP contribution in [0.3, 0.4) is 0 Å². The van der Waals surface area contributed by atoms with Crippen molar-refractivity contribution in [3.63, 3.8) is 0 Å². The van der Waals surface area contributed by atoms with Crippen LogP contribution in [0.25, 0.3) is 0 Å². The van der Waals surface area contributed by atoms with Gasteiger partial charge < -0.3 is 19.9 Å². The highest BCUT2D eigenvalue weighted by atomic mass is 32.2. The quantitative estimate of drug-likeness (QED) is 0.820. The molecular formula is C11H16N4O3S. The molecule has 7 nitrogen and oxygen atoms in total. The van der Waals surface area contributed by atoms with Gasteiger partial charge in [-0.3, -0.25) is 0 Å². The molecule has 2 N–H and O–H groups in total. The lowest BCUT2D eigenvalue weighted by atomic mass is 10.3. The molecule has 1 aliphatic heterocycles. The van der Waals surface area contributed by atoms with E-state index in [0.29, 0.717) is 24.6 Å². The topological polar surface area (TPSA) is 87.5 Å². The van der Waals surface area contributed by atoms with Gasteiger partial charge in [0.15, 0.2) is 0 Å². The number of urea groups is 1. The number of hydrogen-bond acceptors (Lipinski definition) is 4. The molecule has 1 aromatic heterocycles. The number of nitrogens with one attached hydrogen (secondary N) is 1. The Kier molecular flexibility index (Phi) is 4.31. The Morgan fingerprint density at radius 3 is 3.05 bits per heavy atom. The minimum Gasteiger partial charge on any atom is -0.480 e. The van der Waals surface area contributed by atoms with Gasteiger partial charge in [-0.1, -0.05) is 0 Å². The van der Waals surface area contributed by atoms with E-state index in [-0.39, 0.29) is 6.03 Å². The summed E-state index contributed by atoms with van der Waals surface area (Å²) >= 11 is 1.45. The summed E-state index contributed by atoms with van der Waals surface area (Å²) in [5, 5.41) is 11.7. The third-order valence-electron chi connectivity index (χ3n) is 2.97. The number of imidazole rings is 1. The fourth-order valence-electron chi connectivity index (χ4n) is 1.87. The summed E-state index contributed by atoms with van der Waals surface area (Å²) in [6.45, 7) is 0.442. The van der Waals surface area contributed by atoms with E-state index in [4.69, 9.17) is 5.11 Å². The second kappa shape index (κ2) is 5.96. The van der Waals surface area contributed by atoms with Crippen LogP contribution in [0, 0.1) is 0 Å². The van der Waals surface area contributed by atoms with Crippen molar-refractivity contribution in [1.82, 2.24) is 19.8 Å². The van der Waals surface area contributed by atoms with E-state index in [1.165, 1.54) is 16.7 Å². The van der Waals surface area contributed by atoms with E-state index >= 15 is 0 Å². The maximum absolute atomic E-state index is 11.9. The van der Waals surface area contributed by atoms with Crippen molar-refractivity contribution in [2.45, 2.75) is 12.5 Å². The summed E-state index contributed by atoms with van der Waals surface area (Å²) in [6.07, 6.45) is 4.16. The number of thioether (sulfide) groups is 1. The highest BCUT2D eigenvalue weighted by molar-refractivity contribution is 7.99. The molecule has 0 bridgehead atoms. The minimum absolute atomic E-state index is 0.327. The first kappa shape index (κ1) is 13.7. The van der Waals surface area contributed by atoms with Gasteiger partial charge in [0.25, 0.3) is 0 Å². The highest BCUT2D eigenvalue weighted by Crippen LogP contribution is 2.20. The van der Waals surface area contributed by atoms with Crippen molar-refractivity contribution in [3.8, 4) is 0 Å². The van der Waals surface area contributed by atoms with Gasteiger partial charge in [0.1, 0.15) is 11.9 Å². The number of aliphatic carboxylic acids is 1. The lowest BCUT2D eigenvalue weighted by molar-refractivity contribution is -0.140. The van der Waals surface area contributed by atoms with Gasteiger partial charge >= 0.3 is 12.0 Å². The lowest BCUT2D eigenvalue weighted by Crippen LogP contribution is -2.47. The molecule has 0 aromatic carbocycles. The van der Waals surface area contributed by atoms with Crippen LogP contribution in [-0.4, -0.2) is 55.8 Å². The largest absolute Gasteiger partial charge is 0.480 e. The van der Waals surface area contributed by atoms with Crippen molar-refractivity contribution in [2.24, 2.45) is 7.05 Å². The van der Waals surface area contributed by atoms with E-state index in [9.17, 15) is 9.59 Å². The lowest BCUT2D eigenvalue weighted by Gasteiger charge is -2.20. The van der Waals surface area contributed by atoms with Crippen LogP contribution in [0.4, 0.5) is 4.79 Å². The van der Waals surface area contributed by atoms with E-state index in [1.54, 1.807) is 6.20 Å². The molecule has 104 valence electrons. The van der Waals surface area contributed by atoms with Crippen molar-refractivity contribution >= 4 is 23.8 Å². The molecule has 0 spiro atoms. The summed E-state index contributed by atoms with van der Waals surface area (Å²) in [6, 6.07) is -1.05. The van der Waals surface area contributed by atoms with Gasteiger partial charge in [0.2, 0.25) is 0 Å². The molecule has 1 saturated heterocycles. The van der Waals surface area contributed by atoms with Crippen LogP contribution in [0.5, 0.6) is 0 Å². The normalized spacial score (nSPS) is 18.6. The number of aryl methyl sites for hydroxylation is 1. The minimum atomic E-state index is -0.954. The number of aromatic nitrogens is 2. The maximum Gasteiger partial charge on any atom is 0.327 e. The van der Waals surface area contributed by atoms with Gasteiger partial charge in [0, 0.05) is 38.2 Å². The van der Waals surface area contributed by atoms with Gasteiger partial charge in [-0.25, -0.2) is 14.6 Å². The Balaban J connectivity index is 1.81. The summed E-state index contributed by atoms with van der Waals surface area (Å²) < 4.78 is 1.89. The first-order chi connectivity index (χ1) is 9.09. The monoisotopic (exact) mass is 284 g/mol. The SMILES string of the molecule is Cn1ccnc1CCNC(=O)N1CSC[C@H]1C(=O)O. The fraction of sp³-hybridized carbons (Fsp3) is 0.545. The predicted octanol–water partition coefficient (Wildman–Crippen LogP) is 0.132. The van der Waals surface area contributed by atoms with E-state index in [1.807, 2.05) is 17.8 Å². The van der Waals surface area contributed by atoms with Crippen LogP contribution < -0.4 is 5.32 Å². The summed E-state index contributed by atoms with van der Waals surface area (Å²) in [5.41, 5.74) is 0. The molecular weight excluding hydrogens is 268 g/mol. The van der Waals surface area contributed by atoms with Crippen LogP contribution >= 0.6 is 11.8 Å². The van der Waals surface area contributed by atoms with Crippen molar-refractivity contribution in [2.75, 3.05) is 18.2 Å². The van der Waals surface area contributed by atoms with E-state index in [0.717, 1.165) is 5.82 Å². The van der Waals surface area contributed by atoms with Crippen LogP contribution in [0.2, 0.25) is 0 Å². The number of carbonyl (C=O) groups is 2. The molecule has 1 atom stereocenters. The van der Waals surface area contributed by atoms with E-state index in [2.05, 4.69) is 10.3 Å². The third-order valence-corrected chi connectivity index (χ3v) is 3.99. The van der Waals surface area contributed by atoms with Crippen LogP contribution in [0.1, 0.15) is 5.82 Å². The number of carboxylic acid groups (broad SMARTS) is 1. The molecule has 1 aromatic rings. The summed E-state index contributed by atoms with van der Waals surface area (Å²) in [4.78, 5) is 28.4. The third kappa shape index (κ3) is 3.19. The van der Waals surface area contributed by atoms with Crippen molar-refractivity contribution < 1.29 is 14.7 Å². The molecule has 2 amide bonds. The second-order valence-corrected chi connectivity index (χ2v) is 5.26. The molecule has 0 radical (unpaired) electrons. The Bertz CT molecular complexity index is 476. The maximum atomic E-state index is 11.9. The molecule has 0 unspecified atom stereocenters. The Hall–Kier alpha value is -1.70. The molecule has 2 heterocycles. The Morgan fingerprint density at radius 2 is 2.42 bits per heavy atom. The molecule has 1 fully saturated rings. The number of nitrogens with zero attached hydrogens (tertiary/aromatic N) is 3. The van der Waals surface area contributed by atoms with Gasteiger partial charge in [-0.15, -0.1) is 11.8 Å². The predicted molar refractivity (Wildman–Crippen MR) is 70.9 cm³/mol. The van der Waals surface area contributed by atoms with Gasteiger partial charge in [-0.05, 0) is 0 Å². The first-order valence-electron chi connectivity index (χ1n) is 5.91. The fourth-order valence-corrected chi connectivity index (χ4v) is 3.01. The average Bonchev–Trinajstić information content (AvgIpc) is 2.98. The number of carboxylic acids is 1. The van der Waals surface area contributed by atoms with Crippen molar-refractivity contribution in [1.29, 1.82) is 0 Å². The summed E-state index contributed by atoms with van der Waals surface area (Å²) in [5.74, 6) is 0.794. The Labute approximate surface area is 115 Å². The Morgan fingerprint density at radius 1 is 1.63 bits per heavy atom. The zero-order valence-corrected chi connectivity index (χ0v) is 11.4. The number of hydrogen-bond donors (Lipinski definition) is 2. The van der Waals surface area contributed by atoms with Gasteiger partial charge in [-0.2, -0.15) is 0 Å². The zero-order chi connectivity index (χ0) is 13.8. The highest BCUT2D eigenvalue weighted by Gasteiger charge is 2.34. The van der Waals surface area contributed by atoms with Crippen LogP contribution in [0.15, 0.2) is 12.4 Å². The summed E-state index contributed by atoms with van der Waals surface area (Å²) in [7, 11) is 1.89. The number of carbonyl (C=O) groups excluding carboxylic acids is 1.